The van der Waals surface area contributed by atoms with E-state index in [2.05, 4.69) is 10.4 Å². The van der Waals surface area contributed by atoms with Crippen molar-refractivity contribution in [1.29, 1.82) is 0 Å². The molecule has 1 heterocycles. The fourth-order valence-electron chi connectivity index (χ4n) is 2.25. The molecule has 1 aromatic heterocycles. The third-order valence-electron chi connectivity index (χ3n) is 3.16. The van der Waals surface area contributed by atoms with Gasteiger partial charge in [-0.3, -0.25) is 0 Å². The molecule has 0 saturated carbocycles. The zero-order chi connectivity index (χ0) is 13.4. The average molecular weight is 254 g/mol. The van der Waals surface area contributed by atoms with E-state index in [1.165, 1.54) is 4.68 Å². The summed E-state index contributed by atoms with van der Waals surface area (Å²) in [6.07, 6.45) is 0. The number of nitrogens with one attached hydrogen (secondary N) is 1. The van der Waals surface area contributed by atoms with Gasteiger partial charge in [0.05, 0.1) is 5.69 Å². The molecule has 19 heavy (non-hydrogen) atoms. The Bertz CT molecular complexity index is 795. The quantitative estimate of drug-likeness (QED) is 0.758. The molecule has 0 spiro atoms. The standard InChI is InChI=1S/C14H14N4O/c1-15-13-16-17(2)14(19)18(13)12-9-5-7-10-6-3-4-8-11(10)12/h3-9H,1-2H3,(H,15,16). The second kappa shape index (κ2) is 4.28. The van der Waals surface area contributed by atoms with Crippen LogP contribution in [0.3, 0.4) is 0 Å². The molecular formula is C14H14N4O. The van der Waals surface area contributed by atoms with Gasteiger partial charge in [0.2, 0.25) is 5.95 Å². The summed E-state index contributed by atoms with van der Waals surface area (Å²) in [6, 6.07) is 13.9. The summed E-state index contributed by atoms with van der Waals surface area (Å²) in [5.74, 6) is 0.531. The molecule has 0 saturated heterocycles. The van der Waals surface area contributed by atoms with Gasteiger partial charge < -0.3 is 5.32 Å². The van der Waals surface area contributed by atoms with Crippen molar-refractivity contribution < 1.29 is 0 Å². The van der Waals surface area contributed by atoms with E-state index in [4.69, 9.17) is 0 Å². The molecule has 96 valence electrons. The van der Waals surface area contributed by atoms with Gasteiger partial charge in [-0.25, -0.2) is 14.0 Å². The van der Waals surface area contributed by atoms with Gasteiger partial charge in [0, 0.05) is 19.5 Å². The number of fused-ring (bicyclic) bond motifs is 1. The summed E-state index contributed by atoms with van der Waals surface area (Å²) in [5, 5.41) is 9.24. The number of benzene rings is 2. The van der Waals surface area contributed by atoms with Crippen LogP contribution in [0.1, 0.15) is 0 Å². The fourth-order valence-corrected chi connectivity index (χ4v) is 2.25. The Balaban J connectivity index is 2.40. The topological polar surface area (TPSA) is 51.9 Å². The Labute approximate surface area is 110 Å². The summed E-state index contributed by atoms with van der Waals surface area (Å²) >= 11 is 0. The number of hydrogen-bond donors (Lipinski definition) is 1. The van der Waals surface area contributed by atoms with Crippen LogP contribution in [0.15, 0.2) is 47.3 Å². The lowest BCUT2D eigenvalue weighted by atomic mass is 10.1. The largest absolute Gasteiger partial charge is 0.357 e. The first-order valence-electron chi connectivity index (χ1n) is 6.04. The molecular weight excluding hydrogens is 240 g/mol. The first-order chi connectivity index (χ1) is 9.22. The third-order valence-corrected chi connectivity index (χ3v) is 3.16. The van der Waals surface area contributed by atoms with E-state index in [0.29, 0.717) is 5.95 Å². The van der Waals surface area contributed by atoms with Crippen LogP contribution < -0.4 is 11.0 Å². The highest BCUT2D eigenvalue weighted by Gasteiger charge is 2.13. The molecule has 0 amide bonds. The van der Waals surface area contributed by atoms with Gasteiger partial charge in [-0.05, 0) is 11.5 Å². The van der Waals surface area contributed by atoms with Crippen LogP contribution in [-0.2, 0) is 7.05 Å². The smallest absolute Gasteiger partial charge is 0.351 e. The number of hydrogen-bond acceptors (Lipinski definition) is 3. The van der Waals surface area contributed by atoms with Crippen molar-refractivity contribution in [2.45, 2.75) is 0 Å². The van der Waals surface area contributed by atoms with Gasteiger partial charge in [-0.1, -0.05) is 36.4 Å². The molecule has 5 nitrogen and oxygen atoms in total. The van der Waals surface area contributed by atoms with Gasteiger partial charge in [0.25, 0.3) is 0 Å². The van der Waals surface area contributed by atoms with Crippen LogP contribution in [0.25, 0.3) is 16.5 Å². The number of anilines is 1. The van der Waals surface area contributed by atoms with Crippen LogP contribution >= 0.6 is 0 Å². The maximum Gasteiger partial charge on any atom is 0.351 e. The normalized spacial score (nSPS) is 10.8. The molecule has 5 heteroatoms. The first-order valence-corrected chi connectivity index (χ1v) is 6.04. The van der Waals surface area contributed by atoms with E-state index in [0.717, 1.165) is 16.5 Å². The van der Waals surface area contributed by atoms with E-state index >= 15 is 0 Å². The van der Waals surface area contributed by atoms with Crippen LogP contribution in [0.2, 0.25) is 0 Å². The summed E-state index contributed by atoms with van der Waals surface area (Å²) in [5.41, 5.74) is 0.668. The molecule has 0 aliphatic heterocycles. The summed E-state index contributed by atoms with van der Waals surface area (Å²) in [4.78, 5) is 12.2. The molecule has 0 atom stereocenters. The molecule has 3 aromatic rings. The molecule has 0 unspecified atom stereocenters. The first kappa shape index (κ1) is 11.5. The summed E-state index contributed by atoms with van der Waals surface area (Å²) in [7, 11) is 3.40. The molecule has 0 aliphatic carbocycles. The SMILES string of the molecule is CNc1nn(C)c(=O)n1-c1cccc2ccccc12. The predicted octanol–water partition coefficient (Wildman–Crippen LogP) is 1.77. The lowest BCUT2D eigenvalue weighted by Crippen LogP contribution is -2.22. The number of aromatic nitrogens is 3. The van der Waals surface area contributed by atoms with Crippen molar-refractivity contribution in [3.8, 4) is 5.69 Å². The lowest BCUT2D eigenvalue weighted by Gasteiger charge is -2.08. The minimum atomic E-state index is -0.166. The Morgan fingerprint density at radius 3 is 2.63 bits per heavy atom. The Morgan fingerprint density at radius 1 is 1.11 bits per heavy atom. The molecule has 0 radical (unpaired) electrons. The summed E-state index contributed by atoms with van der Waals surface area (Å²) in [6.45, 7) is 0. The van der Waals surface area contributed by atoms with Crippen molar-refractivity contribution >= 4 is 16.7 Å². The lowest BCUT2D eigenvalue weighted by molar-refractivity contribution is 0.727. The van der Waals surface area contributed by atoms with Crippen LogP contribution in [0.4, 0.5) is 5.95 Å². The minimum absolute atomic E-state index is 0.166. The van der Waals surface area contributed by atoms with Crippen molar-refractivity contribution in [2.24, 2.45) is 7.05 Å². The van der Waals surface area contributed by atoms with Crippen LogP contribution in [0, 0.1) is 0 Å². The van der Waals surface area contributed by atoms with Crippen molar-refractivity contribution in [1.82, 2.24) is 14.3 Å². The molecule has 3 rings (SSSR count). The van der Waals surface area contributed by atoms with Crippen molar-refractivity contribution in [2.75, 3.05) is 12.4 Å². The number of aryl methyl sites for hydroxylation is 1. The highest BCUT2D eigenvalue weighted by Crippen LogP contribution is 2.22. The maximum atomic E-state index is 12.2. The Morgan fingerprint density at radius 2 is 1.84 bits per heavy atom. The zero-order valence-electron chi connectivity index (χ0n) is 10.8. The highest BCUT2D eigenvalue weighted by atomic mass is 16.2. The van der Waals surface area contributed by atoms with E-state index in [9.17, 15) is 4.79 Å². The van der Waals surface area contributed by atoms with Gasteiger partial charge in [-0.15, -0.1) is 5.10 Å². The molecule has 0 fully saturated rings. The Hall–Kier alpha value is -2.56. The molecule has 0 bridgehead atoms. The Kier molecular flexibility index (Phi) is 2.59. The molecule has 1 N–H and O–H groups in total. The maximum absolute atomic E-state index is 12.2. The zero-order valence-corrected chi connectivity index (χ0v) is 10.8. The third kappa shape index (κ3) is 1.71. The molecule has 0 aliphatic rings. The van der Waals surface area contributed by atoms with E-state index < -0.39 is 0 Å². The summed E-state index contributed by atoms with van der Waals surface area (Å²) < 4.78 is 2.91. The van der Waals surface area contributed by atoms with E-state index in [1.54, 1.807) is 18.7 Å². The van der Waals surface area contributed by atoms with E-state index in [-0.39, 0.29) is 5.69 Å². The van der Waals surface area contributed by atoms with Gasteiger partial charge in [0.1, 0.15) is 0 Å². The van der Waals surface area contributed by atoms with Crippen molar-refractivity contribution in [3.63, 3.8) is 0 Å². The van der Waals surface area contributed by atoms with Gasteiger partial charge in [0.15, 0.2) is 0 Å². The van der Waals surface area contributed by atoms with Crippen LogP contribution in [-0.4, -0.2) is 21.4 Å². The minimum Gasteiger partial charge on any atom is -0.357 e. The second-order valence-electron chi connectivity index (χ2n) is 4.31. The van der Waals surface area contributed by atoms with Gasteiger partial charge in [-0.2, -0.15) is 0 Å². The fraction of sp³-hybridized carbons (Fsp3) is 0.143. The number of nitrogens with zero attached hydrogens (tertiary/aromatic N) is 3. The van der Waals surface area contributed by atoms with Crippen molar-refractivity contribution in [3.05, 3.63) is 52.9 Å². The number of rotatable bonds is 2. The van der Waals surface area contributed by atoms with Gasteiger partial charge >= 0.3 is 5.69 Å². The monoisotopic (exact) mass is 254 g/mol. The average Bonchev–Trinajstić information content (AvgIpc) is 2.74. The second-order valence-corrected chi connectivity index (χ2v) is 4.31. The molecule has 2 aromatic carbocycles. The predicted molar refractivity (Wildman–Crippen MR) is 75.9 cm³/mol. The van der Waals surface area contributed by atoms with E-state index in [1.807, 2.05) is 42.5 Å². The highest BCUT2D eigenvalue weighted by molar-refractivity contribution is 5.90. The van der Waals surface area contributed by atoms with Crippen LogP contribution in [0.5, 0.6) is 0 Å².